The van der Waals surface area contributed by atoms with Gasteiger partial charge in [-0.2, -0.15) is 0 Å². The molecule has 2 aromatic carbocycles. The maximum absolute atomic E-state index is 13.3. The fourth-order valence-corrected chi connectivity index (χ4v) is 5.83. The van der Waals surface area contributed by atoms with Crippen molar-refractivity contribution in [1.82, 2.24) is 9.80 Å². The van der Waals surface area contributed by atoms with E-state index in [0.717, 1.165) is 16.2 Å². The quantitative estimate of drug-likeness (QED) is 0.344. The highest BCUT2D eigenvalue weighted by Gasteiger charge is 2.42. The molecule has 0 bridgehead atoms. The zero-order valence-electron chi connectivity index (χ0n) is 18.7. The largest absolute Gasteiger partial charge is 0.331 e. The second kappa shape index (κ2) is 9.14. The Hall–Kier alpha value is -3.73. The van der Waals surface area contributed by atoms with Crippen LogP contribution in [-0.2, 0) is 16.0 Å². The summed E-state index contributed by atoms with van der Waals surface area (Å²) in [5.74, 6) is -0.185. The van der Waals surface area contributed by atoms with E-state index < -0.39 is 28.5 Å². The Morgan fingerprint density at radius 3 is 2.63 bits per heavy atom. The number of benzene rings is 2. The van der Waals surface area contributed by atoms with Crippen molar-refractivity contribution in [2.45, 2.75) is 25.3 Å². The van der Waals surface area contributed by atoms with Gasteiger partial charge >= 0.3 is 0 Å². The Bertz CT molecular complexity index is 1260. The number of hydrogen-bond donors (Lipinski definition) is 0. The van der Waals surface area contributed by atoms with E-state index >= 15 is 0 Å². The summed E-state index contributed by atoms with van der Waals surface area (Å²) in [5, 5.41) is 11.3. The lowest BCUT2D eigenvalue weighted by Gasteiger charge is -2.28. The number of thioether (sulfide) groups is 1. The number of amides is 4. The molecule has 1 unspecified atom stereocenters. The molecule has 3 aliphatic rings. The van der Waals surface area contributed by atoms with Gasteiger partial charge in [0.15, 0.2) is 0 Å². The minimum atomic E-state index is -0.726. The molecule has 0 saturated carbocycles. The molecule has 10 nitrogen and oxygen atoms in total. The smallest absolute Gasteiger partial charge is 0.282 e. The Kier molecular flexibility index (Phi) is 6.01. The molecule has 1 atom stereocenters. The summed E-state index contributed by atoms with van der Waals surface area (Å²) < 4.78 is 0. The summed E-state index contributed by atoms with van der Waals surface area (Å²) in [5.41, 5.74) is 1.02. The molecule has 0 aliphatic carbocycles. The molecule has 0 spiro atoms. The number of nitro benzene ring substituents is 1. The number of nitrogens with zero attached hydrogens (tertiary/aromatic N) is 4. The zero-order valence-corrected chi connectivity index (χ0v) is 19.5. The second-order valence-electron chi connectivity index (χ2n) is 8.57. The third-order valence-corrected chi connectivity index (χ3v) is 7.51. The first-order chi connectivity index (χ1) is 16.9. The molecule has 0 N–H and O–H groups in total. The average Bonchev–Trinajstić information content (AvgIpc) is 3.57. The molecular weight excluding hydrogens is 472 g/mol. The third-order valence-electron chi connectivity index (χ3n) is 6.54. The molecule has 180 valence electrons. The predicted molar refractivity (Wildman–Crippen MR) is 128 cm³/mol. The number of carbonyl (C=O) groups excluding carboxylic acids is 4. The van der Waals surface area contributed by atoms with Gasteiger partial charge in [-0.25, -0.2) is 0 Å². The molecule has 4 amide bonds. The van der Waals surface area contributed by atoms with Gasteiger partial charge < -0.3 is 4.90 Å². The van der Waals surface area contributed by atoms with Gasteiger partial charge in [-0.3, -0.25) is 39.1 Å². The highest BCUT2D eigenvalue weighted by atomic mass is 32.2. The van der Waals surface area contributed by atoms with Crippen molar-refractivity contribution >= 4 is 46.8 Å². The summed E-state index contributed by atoms with van der Waals surface area (Å²) in [6.07, 6.45) is 0.642. The minimum absolute atomic E-state index is 0.00172. The van der Waals surface area contributed by atoms with E-state index in [1.807, 2.05) is 24.3 Å². The van der Waals surface area contributed by atoms with Crippen LogP contribution in [0, 0.1) is 10.1 Å². The lowest BCUT2D eigenvalue weighted by Crippen LogP contribution is -2.49. The van der Waals surface area contributed by atoms with Crippen LogP contribution in [0.3, 0.4) is 0 Å². The lowest BCUT2D eigenvalue weighted by molar-refractivity contribution is -0.385. The van der Waals surface area contributed by atoms with Gasteiger partial charge in [0.25, 0.3) is 17.5 Å². The van der Waals surface area contributed by atoms with Gasteiger partial charge in [0.1, 0.15) is 11.6 Å². The number of carbonyl (C=O) groups is 4. The molecule has 3 heterocycles. The van der Waals surface area contributed by atoms with E-state index in [2.05, 4.69) is 0 Å². The highest BCUT2D eigenvalue weighted by Crippen LogP contribution is 2.35. The zero-order chi connectivity index (χ0) is 24.7. The SMILES string of the molecule is O=C(C1Cc2ccccc2N1C(=O)CCCN1C(=O)c2cccc([N+](=O)[O-])c2C1=O)N1CCSC1. The van der Waals surface area contributed by atoms with Crippen molar-refractivity contribution < 1.29 is 24.1 Å². The van der Waals surface area contributed by atoms with E-state index in [1.165, 1.54) is 18.2 Å². The normalized spacial score (nSPS) is 18.7. The number of imide groups is 1. The number of para-hydroxylation sites is 1. The maximum atomic E-state index is 13.3. The molecule has 1 saturated heterocycles. The fraction of sp³-hybridized carbons (Fsp3) is 0.333. The van der Waals surface area contributed by atoms with Gasteiger partial charge in [0.2, 0.25) is 11.8 Å². The summed E-state index contributed by atoms with van der Waals surface area (Å²) in [4.78, 5) is 66.8. The van der Waals surface area contributed by atoms with Crippen LogP contribution >= 0.6 is 11.8 Å². The van der Waals surface area contributed by atoms with Crippen LogP contribution in [0.2, 0.25) is 0 Å². The first kappa shape index (κ1) is 23.0. The van der Waals surface area contributed by atoms with Crippen LogP contribution in [0.25, 0.3) is 0 Å². The van der Waals surface area contributed by atoms with Gasteiger partial charge in [0, 0.05) is 43.4 Å². The van der Waals surface area contributed by atoms with Crippen molar-refractivity contribution in [3.63, 3.8) is 0 Å². The number of hydrogen-bond acceptors (Lipinski definition) is 7. The van der Waals surface area contributed by atoms with Crippen LogP contribution in [-0.4, -0.2) is 69.1 Å². The number of rotatable bonds is 6. The first-order valence-electron chi connectivity index (χ1n) is 11.3. The molecule has 0 radical (unpaired) electrons. The molecular formula is C24H22N4O6S. The van der Waals surface area contributed by atoms with Gasteiger partial charge in [0.05, 0.1) is 16.4 Å². The van der Waals surface area contributed by atoms with Gasteiger partial charge in [-0.15, -0.1) is 11.8 Å². The molecule has 0 aromatic heterocycles. The molecule has 11 heteroatoms. The van der Waals surface area contributed by atoms with E-state index in [9.17, 15) is 29.3 Å². The average molecular weight is 495 g/mol. The highest BCUT2D eigenvalue weighted by molar-refractivity contribution is 7.99. The van der Waals surface area contributed by atoms with Crippen LogP contribution in [0.1, 0.15) is 39.1 Å². The number of fused-ring (bicyclic) bond motifs is 2. The Morgan fingerprint density at radius 2 is 1.89 bits per heavy atom. The van der Waals surface area contributed by atoms with Crippen LogP contribution in [0.15, 0.2) is 42.5 Å². The maximum Gasteiger partial charge on any atom is 0.282 e. The summed E-state index contributed by atoms with van der Waals surface area (Å²) in [6.45, 7) is 0.608. The first-order valence-corrected chi connectivity index (χ1v) is 12.4. The Morgan fingerprint density at radius 1 is 1.09 bits per heavy atom. The molecule has 1 fully saturated rings. The Labute approximate surface area is 205 Å². The third kappa shape index (κ3) is 3.95. The van der Waals surface area contributed by atoms with E-state index in [0.29, 0.717) is 24.5 Å². The topological polar surface area (TPSA) is 121 Å². The van der Waals surface area contributed by atoms with Gasteiger partial charge in [-0.1, -0.05) is 24.3 Å². The number of anilines is 1. The van der Waals surface area contributed by atoms with Crippen molar-refractivity contribution in [2.24, 2.45) is 0 Å². The van der Waals surface area contributed by atoms with Crippen LogP contribution < -0.4 is 4.90 Å². The van der Waals surface area contributed by atoms with Crippen molar-refractivity contribution in [2.75, 3.05) is 29.6 Å². The lowest BCUT2D eigenvalue weighted by atomic mass is 10.1. The molecule has 2 aromatic rings. The van der Waals surface area contributed by atoms with Gasteiger partial charge in [-0.05, 0) is 24.1 Å². The minimum Gasteiger partial charge on any atom is -0.331 e. The molecule has 3 aliphatic heterocycles. The van der Waals surface area contributed by atoms with Crippen LogP contribution in [0.5, 0.6) is 0 Å². The summed E-state index contributed by atoms with van der Waals surface area (Å²) in [6, 6.07) is 10.8. The predicted octanol–water partition coefficient (Wildman–Crippen LogP) is 2.46. The van der Waals surface area contributed by atoms with E-state index in [-0.39, 0.29) is 42.3 Å². The monoisotopic (exact) mass is 494 g/mol. The molecule has 35 heavy (non-hydrogen) atoms. The van der Waals surface area contributed by atoms with Crippen molar-refractivity contribution in [3.8, 4) is 0 Å². The van der Waals surface area contributed by atoms with Crippen molar-refractivity contribution in [3.05, 3.63) is 69.3 Å². The van der Waals surface area contributed by atoms with Crippen molar-refractivity contribution in [1.29, 1.82) is 0 Å². The standard InChI is InChI=1S/C24H22N4O6S/c29-20(9-4-10-26-22(30)16-6-3-8-18(28(33)34)21(16)24(26)32)27-17-7-2-1-5-15(17)13-19(27)23(31)25-11-12-35-14-25/h1-3,5-8,19H,4,9-14H2. The fourth-order valence-electron chi connectivity index (χ4n) is 4.87. The van der Waals surface area contributed by atoms with Crippen LogP contribution in [0.4, 0.5) is 11.4 Å². The van der Waals surface area contributed by atoms with E-state index in [1.54, 1.807) is 21.6 Å². The summed E-state index contributed by atoms with van der Waals surface area (Å²) >= 11 is 1.68. The second-order valence-corrected chi connectivity index (χ2v) is 9.65. The molecule has 5 rings (SSSR count). The summed E-state index contributed by atoms with van der Waals surface area (Å²) in [7, 11) is 0. The number of nitro groups is 1. The van der Waals surface area contributed by atoms with E-state index in [4.69, 9.17) is 0 Å². The Balaban J connectivity index is 1.29.